The summed E-state index contributed by atoms with van der Waals surface area (Å²) in [6.45, 7) is 8.37. The second-order valence-corrected chi connectivity index (χ2v) is 6.15. The quantitative estimate of drug-likeness (QED) is 0.854. The minimum atomic E-state index is -0.524. The highest BCUT2D eigenvalue weighted by Gasteiger charge is 2.46. The van der Waals surface area contributed by atoms with E-state index in [4.69, 9.17) is 0 Å². The Morgan fingerprint density at radius 2 is 2.00 bits per heavy atom. The molecular weight excluding hydrogens is 232 g/mol. The van der Waals surface area contributed by atoms with E-state index in [0.717, 1.165) is 6.42 Å². The summed E-state index contributed by atoms with van der Waals surface area (Å²) >= 11 is 0. The van der Waals surface area contributed by atoms with Crippen LogP contribution in [0.15, 0.2) is 9.59 Å². The summed E-state index contributed by atoms with van der Waals surface area (Å²) in [5.41, 5.74) is -0.503. The predicted octanol–water partition coefficient (Wildman–Crippen LogP) is 1.41. The Labute approximate surface area is 105 Å². The summed E-state index contributed by atoms with van der Waals surface area (Å²) in [7, 11) is 0. The number of H-pyrrole nitrogens is 1. The van der Waals surface area contributed by atoms with Crippen LogP contribution in [-0.4, -0.2) is 14.7 Å². The Morgan fingerprint density at radius 3 is 2.44 bits per heavy atom. The molecule has 1 unspecified atom stereocenters. The summed E-state index contributed by atoms with van der Waals surface area (Å²) in [5.74, 6) is 0.0845. The van der Waals surface area contributed by atoms with Crippen LogP contribution in [0.5, 0.6) is 5.88 Å². The van der Waals surface area contributed by atoms with Gasteiger partial charge >= 0.3 is 5.69 Å². The smallest absolute Gasteiger partial charge is 0.331 e. The molecule has 1 aromatic rings. The van der Waals surface area contributed by atoms with E-state index < -0.39 is 11.2 Å². The van der Waals surface area contributed by atoms with Gasteiger partial charge in [-0.3, -0.25) is 14.3 Å². The van der Waals surface area contributed by atoms with Crippen molar-refractivity contribution in [2.75, 3.05) is 0 Å². The van der Waals surface area contributed by atoms with Crippen molar-refractivity contribution in [2.45, 2.75) is 46.6 Å². The molecule has 0 bridgehead atoms. The van der Waals surface area contributed by atoms with E-state index in [-0.39, 0.29) is 22.8 Å². The second-order valence-electron chi connectivity index (χ2n) is 6.15. The maximum Gasteiger partial charge on any atom is 0.331 e. The Balaban J connectivity index is 2.45. The van der Waals surface area contributed by atoms with Crippen LogP contribution in [0, 0.1) is 11.3 Å². The lowest BCUT2D eigenvalue weighted by molar-refractivity contribution is 0.370. The zero-order valence-corrected chi connectivity index (χ0v) is 11.3. The summed E-state index contributed by atoms with van der Waals surface area (Å²) in [4.78, 5) is 25.7. The monoisotopic (exact) mass is 252 g/mol. The fraction of sp³-hybridized carbons (Fsp3) is 0.692. The van der Waals surface area contributed by atoms with Crippen LogP contribution in [0.25, 0.3) is 0 Å². The molecule has 2 N–H and O–H groups in total. The van der Waals surface area contributed by atoms with E-state index in [1.54, 1.807) is 0 Å². The number of aromatic nitrogens is 2. The highest BCUT2D eigenvalue weighted by atomic mass is 16.3. The molecule has 18 heavy (non-hydrogen) atoms. The first-order valence-corrected chi connectivity index (χ1v) is 6.30. The summed E-state index contributed by atoms with van der Waals surface area (Å²) in [6, 6.07) is 0. The molecule has 0 aromatic carbocycles. The SMILES string of the molecule is CC(C)c1c(O)n(CC2CC2(C)C)c(=O)[nH]c1=O. The highest BCUT2D eigenvalue weighted by Crippen LogP contribution is 2.52. The van der Waals surface area contributed by atoms with Crippen LogP contribution in [-0.2, 0) is 6.54 Å². The van der Waals surface area contributed by atoms with E-state index in [2.05, 4.69) is 18.8 Å². The van der Waals surface area contributed by atoms with E-state index in [1.165, 1.54) is 4.57 Å². The van der Waals surface area contributed by atoms with Gasteiger partial charge in [-0.05, 0) is 23.7 Å². The van der Waals surface area contributed by atoms with Crippen LogP contribution in [0.4, 0.5) is 0 Å². The van der Waals surface area contributed by atoms with Crippen molar-refractivity contribution in [1.29, 1.82) is 0 Å². The van der Waals surface area contributed by atoms with Crippen LogP contribution in [0.3, 0.4) is 0 Å². The molecule has 1 atom stereocenters. The lowest BCUT2D eigenvalue weighted by Gasteiger charge is -2.13. The molecule has 0 amide bonds. The van der Waals surface area contributed by atoms with Crippen molar-refractivity contribution >= 4 is 0 Å². The molecule has 2 rings (SSSR count). The third kappa shape index (κ3) is 2.09. The molecule has 5 nitrogen and oxygen atoms in total. The minimum absolute atomic E-state index is 0.118. The maximum atomic E-state index is 11.8. The molecule has 5 heteroatoms. The van der Waals surface area contributed by atoms with Crippen LogP contribution in [0.2, 0.25) is 0 Å². The van der Waals surface area contributed by atoms with Gasteiger partial charge in [0, 0.05) is 6.54 Å². The van der Waals surface area contributed by atoms with E-state index in [0.29, 0.717) is 12.5 Å². The molecule has 0 saturated heterocycles. The van der Waals surface area contributed by atoms with Gasteiger partial charge in [0.25, 0.3) is 5.56 Å². The van der Waals surface area contributed by atoms with Crippen LogP contribution >= 0.6 is 0 Å². The molecule has 1 saturated carbocycles. The molecule has 0 spiro atoms. The van der Waals surface area contributed by atoms with Gasteiger partial charge in [-0.25, -0.2) is 4.79 Å². The number of nitrogens with zero attached hydrogens (tertiary/aromatic N) is 1. The zero-order valence-electron chi connectivity index (χ0n) is 11.3. The van der Waals surface area contributed by atoms with Crippen molar-refractivity contribution in [3.8, 4) is 5.88 Å². The maximum absolute atomic E-state index is 11.8. The summed E-state index contributed by atoms with van der Waals surface area (Å²) in [5, 5.41) is 10.1. The first-order chi connectivity index (χ1) is 8.24. The van der Waals surface area contributed by atoms with Crippen LogP contribution in [0.1, 0.15) is 45.6 Å². The standard InChI is InChI=1S/C13H20N2O3/c1-7(2)9-10(16)14-12(18)15(11(9)17)6-8-5-13(8,3)4/h7-8,17H,5-6H2,1-4H3,(H,14,16,18). The third-order valence-corrected chi connectivity index (χ3v) is 3.90. The topological polar surface area (TPSA) is 75.1 Å². The Kier molecular flexibility index (Phi) is 2.87. The number of nitrogens with one attached hydrogen (secondary N) is 1. The number of aromatic hydroxyl groups is 1. The highest BCUT2D eigenvalue weighted by molar-refractivity contribution is 5.26. The molecule has 0 aliphatic heterocycles. The number of hydrogen-bond acceptors (Lipinski definition) is 3. The lowest BCUT2D eigenvalue weighted by Crippen LogP contribution is -2.33. The molecule has 1 aliphatic rings. The van der Waals surface area contributed by atoms with Gasteiger partial charge in [0.2, 0.25) is 5.88 Å². The fourth-order valence-electron chi connectivity index (χ4n) is 2.37. The Morgan fingerprint density at radius 1 is 1.44 bits per heavy atom. The molecule has 1 heterocycles. The molecule has 1 aliphatic carbocycles. The molecule has 0 radical (unpaired) electrons. The van der Waals surface area contributed by atoms with Gasteiger partial charge in [-0.1, -0.05) is 27.7 Å². The van der Waals surface area contributed by atoms with E-state index in [1.807, 2.05) is 13.8 Å². The van der Waals surface area contributed by atoms with Gasteiger partial charge in [-0.2, -0.15) is 0 Å². The average Bonchev–Trinajstić information content (AvgIpc) is 2.79. The predicted molar refractivity (Wildman–Crippen MR) is 69.0 cm³/mol. The lowest BCUT2D eigenvalue weighted by atomic mass is 10.1. The van der Waals surface area contributed by atoms with Gasteiger partial charge in [0.15, 0.2) is 0 Å². The van der Waals surface area contributed by atoms with Crippen molar-refractivity contribution in [2.24, 2.45) is 11.3 Å². The van der Waals surface area contributed by atoms with Gasteiger partial charge in [0.1, 0.15) is 0 Å². The summed E-state index contributed by atoms with van der Waals surface area (Å²) in [6.07, 6.45) is 1.04. The average molecular weight is 252 g/mol. The number of hydrogen-bond donors (Lipinski definition) is 2. The summed E-state index contributed by atoms with van der Waals surface area (Å²) < 4.78 is 1.29. The molecular formula is C13H20N2O3. The van der Waals surface area contributed by atoms with Crippen molar-refractivity contribution < 1.29 is 5.11 Å². The van der Waals surface area contributed by atoms with Gasteiger partial charge in [-0.15, -0.1) is 0 Å². The Bertz CT molecular complexity index is 581. The van der Waals surface area contributed by atoms with Crippen molar-refractivity contribution in [1.82, 2.24) is 9.55 Å². The van der Waals surface area contributed by atoms with Gasteiger partial charge < -0.3 is 5.11 Å². The fourth-order valence-corrected chi connectivity index (χ4v) is 2.37. The second kappa shape index (κ2) is 4.00. The largest absolute Gasteiger partial charge is 0.494 e. The number of rotatable bonds is 3. The zero-order chi connectivity index (χ0) is 13.7. The first-order valence-electron chi connectivity index (χ1n) is 6.30. The van der Waals surface area contributed by atoms with E-state index >= 15 is 0 Å². The molecule has 1 fully saturated rings. The van der Waals surface area contributed by atoms with Crippen molar-refractivity contribution in [3.63, 3.8) is 0 Å². The normalized spacial score (nSPS) is 21.3. The minimum Gasteiger partial charge on any atom is -0.494 e. The van der Waals surface area contributed by atoms with E-state index in [9.17, 15) is 14.7 Å². The number of aromatic amines is 1. The first kappa shape index (κ1) is 12.9. The van der Waals surface area contributed by atoms with Crippen LogP contribution < -0.4 is 11.2 Å². The van der Waals surface area contributed by atoms with Crippen molar-refractivity contribution in [3.05, 3.63) is 26.4 Å². The van der Waals surface area contributed by atoms with Gasteiger partial charge in [0.05, 0.1) is 5.56 Å². The third-order valence-electron chi connectivity index (χ3n) is 3.90. The Hall–Kier alpha value is -1.52. The molecule has 100 valence electrons. The molecule has 1 aromatic heterocycles.